The lowest BCUT2D eigenvalue weighted by atomic mass is 10.1. The minimum atomic E-state index is 0.965. The smallest absolute Gasteiger partial charge is 0.0912 e. The molecule has 1 aromatic carbocycles. The molecule has 1 aromatic rings. The molecule has 0 heterocycles. The van der Waals surface area contributed by atoms with Gasteiger partial charge in [-0.3, -0.25) is 0 Å². The van der Waals surface area contributed by atoms with Gasteiger partial charge in [0.2, 0.25) is 0 Å². The van der Waals surface area contributed by atoms with E-state index in [1.165, 1.54) is 6.08 Å². The molecular formula is C15H13N. The van der Waals surface area contributed by atoms with Gasteiger partial charge in [-0.1, -0.05) is 55.1 Å². The van der Waals surface area contributed by atoms with E-state index in [2.05, 4.69) is 6.58 Å². The van der Waals surface area contributed by atoms with Gasteiger partial charge in [-0.25, -0.2) is 0 Å². The zero-order chi connectivity index (χ0) is 11.6. The van der Waals surface area contributed by atoms with Crippen LogP contribution in [0.25, 0.3) is 6.08 Å². The Kier molecular flexibility index (Phi) is 5.16. The molecule has 0 saturated carbocycles. The molecule has 0 aliphatic heterocycles. The molecule has 0 aliphatic rings. The summed E-state index contributed by atoms with van der Waals surface area (Å²) >= 11 is 0. The zero-order valence-electron chi connectivity index (χ0n) is 9.01. The maximum absolute atomic E-state index is 8.50. The standard InChI is InChI=1S/C15H13N/c1-2-3-8-14(11-7-12-16)13-15-9-5-4-6-10-15/h2-11,13H,1H2/b8-3-,11-7?,14-13-. The first-order valence-electron chi connectivity index (χ1n) is 4.99. The molecule has 1 nitrogen and oxygen atoms in total. The van der Waals surface area contributed by atoms with Crippen LogP contribution in [0.2, 0.25) is 0 Å². The largest absolute Gasteiger partial charge is 0.193 e. The summed E-state index contributed by atoms with van der Waals surface area (Å²) in [5.41, 5.74) is 2.07. The lowest BCUT2D eigenvalue weighted by Crippen LogP contribution is -1.74. The Bertz CT molecular complexity index is 456. The van der Waals surface area contributed by atoms with Crippen LogP contribution in [0.3, 0.4) is 0 Å². The van der Waals surface area contributed by atoms with Gasteiger partial charge in [0.25, 0.3) is 0 Å². The molecular weight excluding hydrogens is 194 g/mol. The zero-order valence-corrected chi connectivity index (χ0v) is 9.01. The van der Waals surface area contributed by atoms with Crippen molar-refractivity contribution in [1.29, 1.82) is 5.26 Å². The molecule has 1 rings (SSSR count). The third kappa shape index (κ3) is 4.26. The number of nitriles is 1. The molecule has 0 amide bonds. The Labute approximate surface area is 96.4 Å². The third-order valence-electron chi connectivity index (χ3n) is 1.91. The first-order valence-corrected chi connectivity index (χ1v) is 4.99. The van der Waals surface area contributed by atoms with Gasteiger partial charge in [-0.05, 0) is 23.3 Å². The summed E-state index contributed by atoms with van der Waals surface area (Å²) in [6.07, 6.45) is 10.7. The molecule has 16 heavy (non-hydrogen) atoms. The van der Waals surface area contributed by atoms with Crippen LogP contribution in [0.4, 0.5) is 0 Å². The Morgan fingerprint density at radius 1 is 1.19 bits per heavy atom. The molecule has 0 saturated heterocycles. The van der Waals surface area contributed by atoms with Crippen molar-refractivity contribution >= 4 is 6.08 Å². The van der Waals surface area contributed by atoms with Crippen LogP contribution >= 0.6 is 0 Å². The fourth-order valence-corrected chi connectivity index (χ4v) is 1.21. The Morgan fingerprint density at radius 3 is 2.56 bits per heavy atom. The number of benzene rings is 1. The van der Waals surface area contributed by atoms with Crippen LogP contribution in [-0.4, -0.2) is 0 Å². The highest BCUT2D eigenvalue weighted by Gasteiger charge is 1.88. The third-order valence-corrected chi connectivity index (χ3v) is 1.91. The van der Waals surface area contributed by atoms with E-state index in [0.29, 0.717) is 0 Å². The molecule has 0 N–H and O–H groups in total. The number of hydrogen-bond acceptors (Lipinski definition) is 1. The summed E-state index contributed by atoms with van der Waals surface area (Å²) in [5, 5.41) is 8.50. The molecule has 0 fully saturated rings. The van der Waals surface area contributed by atoms with Crippen LogP contribution in [-0.2, 0) is 0 Å². The molecule has 0 aliphatic carbocycles. The highest BCUT2D eigenvalue weighted by molar-refractivity contribution is 5.59. The maximum atomic E-state index is 8.50. The molecule has 0 radical (unpaired) electrons. The van der Waals surface area contributed by atoms with Crippen molar-refractivity contribution < 1.29 is 0 Å². The van der Waals surface area contributed by atoms with Crippen LogP contribution in [0.15, 0.2) is 72.9 Å². The molecule has 0 atom stereocenters. The van der Waals surface area contributed by atoms with E-state index in [1.54, 1.807) is 12.2 Å². The minimum absolute atomic E-state index is 0.965. The first kappa shape index (κ1) is 11.7. The maximum Gasteiger partial charge on any atom is 0.0912 e. The van der Waals surface area contributed by atoms with Crippen molar-refractivity contribution in [2.45, 2.75) is 0 Å². The predicted molar refractivity (Wildman–Crippen MR) is 68.5 cm³/mol. The summed E-state index contributed by atoms with van der Waals surface area (Å²) in [6.45, 7) is 3.62. The molecule has 0 unspecified atom stereocenters. The number of hydrogen-bond donors (Lipinski definition) is 0. The van der Waals surface area contributed by atoms with Crippen molar-refractivity contribution in [2.75, 3.05) is 0 Å². The summed E-state index contributed by atoms with van der Waals surface area (Å²) in [5.74, 6) is 0. The minimum Gasteiger partial charge on any atom is -0.193 e. The number of nitrogens with zero attached hydrogens (tertiary/aromatic N) is 1. The van der Waals surface area contributed by atoms with E-state index in [9.17, 15) is 0 Å². The fraction of sp³-hybridized carbons (Fsp3) is 0. The van der Waals surface area contributed by atoms with Crippen LogP contribution in [0.5, 0.6) is 0 Å². The van der Waals surface area contributed by atoms with Crippen LogP contribution in [0.1, 0.15) is 5.56 Å². The lowest BCUT2D eigenvalue weighted by molar-refractivity contribution is 1.53. The van der Waals surface area contributed by atoms with Gasteiger partial charge in [0.05, 0.1) is 6.07 Å². The summed E-state index contributed by atoms with van der Waals surface area (Å²) in [4.78, 5) is 0. The summed E-state index contributed by atoms with van der Waals surface area (Å²) in [7, 11) is 0. The highest BCUT2D eigenvalue weighted by atomic mass is 14.2. The number of allylic oxidation sites excluding steroid dienone is 6. The second kappa shape index (κ2) is 7.03. The van der Waals surface area contributed by atoms with Crippen molar-refractivity contribution in [3.05, 3.63) is 78.4 Å². The molecule has 1 heteroatoms. The fourth-order valence-electron chi connectivity index (χ4n) is 1.21. The van der Waals surface area contributed by atoms with E-state index < -0.39 is 0 Å². The van der Waals surface area contributed by atoms with Gasteiger partial charge in [0.1, 0.15) is 0 Å². The predicted octanol–water partition coefficient (Wildman–Crippen LogP) is 3.89. The van der Waals surface area contributed by atoms with E-state index in [4.69, 9.17) is 5.26 Å². The average molecular weight is 207 g/mol. The van der Waals surface area contributed by atoms with Gasteiger partial charge in [0.15, 0.2) is 0 Å². The highest BCUT2D eigenvalue weighted by Crippen LogP contribution is 2.09. The Hall–Kier alpha value is -2.33. The quantitative estimate of drug-likeness (QED) is 0.542. The lowest BCUT2D eigenvalue weighted by Gasteiger charge is -1.95. The van der Waals surface area contributed by atoms with Crippen LogP contribution < -0.4 is 0 Å². The molecule has 0 bridgehead atoms. The van der Waals surface area contributed by atoms with E-state index in [1.807, 2.05) is 54.6 Å². The SMILES string of the molecule is C=C/C=C\C(C=CC#N)=C\c1ccccc1. The summed E-state index contributed by atoms with van der Waals surface area (Å²) in [6, 6.07) is 11.9. The van der Waals surface area contributed by atoms with Gasteiger partial charge in [-0.15, -0.1) is 0 Å². The van der Waals surface area contributed by atoms with Gasteiger partial charge < -0.3 is 0 Å². The topological polar surface area (TPSA) is 23.8 Å². The van der Waals surface area contributed by atoms with Crippen molar-refractivity contribution in [1.82, 2.24) is 0 Å². The normalized spacial score (nSPS) is 11.8. The van der Waals surface area contributed by atoms with E-state index in [0.717, 1.165) is 11.1 Å². The van der Waals surface area contributed by atoms with Gasteiger partial charge >= 0.3 is 0 Å². The second-order valence-corrected chi connectivity index (χ2v) is 3.11. The average Bonchev–Trinajstić information content (AvgIpc) is 2.34. The Morgan fingerprint density at radius 2 is 1.94 bits per heavy atom. The van der Waals surface area contributed by atoms with Crippen molar-refractivity contribution in [3.8, 4) is 6.07 Å². The first-order chi connectivity index (χ1) is 7.86. The van der Waals surface area contributed by atoms with Crippen molar-refractivity contribution in [2.24, 2.45) is 0 Å². The number of rotatable bonds is 4. The van der Waals surface area contributed by atoms with Crippen molar-refractivity contribution in [3.63, 3.8) is 0 Å². The molecule has 0 aromatic heterocycles. The molecule has 0 spiro atoms. The van der Waals surface area contributed by atoms with Crippen LogP contribution in [0, 0.1) is 11.3 Å². The summed E-state index contributed by atoms with van der Waals surface area (Å²) < 4.78 is 0. The monoisotopic (exact) mass is 207 g/mol. The second-order valence-electron chi connectivity index (χ2n) is 3.11. The van der Waals surface area contributed by atoms with E-state index in [-0.39, 0.29) is 0 Å². The Balaban J connectivity index is 2.97. The van der Waals surface area contributed by atoms with Gasteiger partial charge in [0, 0.05) is 6.08 Å². The molecule has 78 valence electrons. The van der Waals surface area contributed by atoms with Gasteiger partial charge in [-0.2, -0.15) is 5.26 Å². The van der Waals surface area contributed by atoms with E-state index >= 15 is 0 Å².